The zero-order valence-electron chi connectivity index (χ0n) is 16.3. The van der Waals surface area contributed by atoms with Gasteiger partial charge in [0, 0.05) is 37.1 Å². The average molecular weight is 421 g/mol. The van der Waals surface area contributed by atoms with Crippen LogP contribution in [0.2, 0.25) is 0 Å². The third-order valence-corrected chi connectivity index (χ3v) is 6.52. The van der Waals surface area contributed by atoms with Gasteiger partial charge in [-0.15, -0.1) is 0 Å². The highest BCUT2D eigenvalue weighted by Gasteiger charge is 2.27. The van der Waals surface area contributed by atoms with E-state index in [9.17, 15) is 18.0 Å². The fourth-order valence-electron chi connectivity index (χ4n) is 3.13. The highest BCUT2D eigenvalue weighted by atomic mass is 32.2. The maximum absolute atomic E-state index is 12.7. The predicted molar refractivity (Wildman–Crippen MR) is 107 cm³/mol. The molecule has 3 rings (SSSR count). The zero-order valence-corrected chi connectivity index (χ0v) is 17.1. The lowest BCUT2D eigenvalue weighted by molar-refractivity contribution is -0.116. The second-order valence-electron chi connectivity index (χ2n) is 6.56. The van der Waals surface area contributed by atoms with E-state index in [1.807, 2.05) is 0 Å². The van der Waals surface area contributed by atoms with E-state index in [0.717, 1.165) is 23.5 Å². The van der Waals surface area contributed by atoms with Crippen LogP contribution in [0.25, 0.3) is 0 Å². The summed E-state index contributed by atoms with van der Waals surface area (Å²) in [5.74, 6) is 0.484. The Kier molecular flexibility index (Phi) is 6.23. The van der Waals surface area contributed by atoms with Crippen molar-refractivity contribution in [2.75, 3.05) is 32.6 Å². The molecule has 1 N–H and O–H groups in total. The predicted octanol–water partition coefficient (Wildman–Crippen LogP) is 1.29. The molecule has 0 spiro atoms. The van der Waals surface area contributed by atoms with E-state index in [4.69, 9.17) is 9.47 Å². The highest BCUT2D eigenvalue weighted by Crippen LogP contribution is 2.29. The van der Waals surface area contributed by atoms with Gasteiger partial charge in [0.2, 0.25) is 15.9 Å². The Hall–Kier alpha value is -2.85. The van der Waals surface area contributed by atoms with E-state index in [1.165, 1.54) is 30.8 Å². The normalized spacial score (nSPS) is 14.6. The van der Waals surface area contributed by atoms with Crippen molar-refractivity contribution in [3.05, 3.63) is 46.9 Å². The van der Waals surface area contributed by atoms with Gasteiger partial charge in [0.1, 0.15) is 6.54 Å². The van der Waals surface area contributed by atoms with Crippen LogP contribution in [0.3, 0.4) is 0 Å². The number of rotatable bonds is 7. The fraction of sp³-hybridized carbons (Fsp3) is 0.368. The van der Waals surface area contributed by atoms with Gasteiger partial charge in [-0.2, -0.15) is 4.31 Å². The number of pyridine rings is 1. The smallest absolute Gasteiger partial charge is 0.251 e. The van der Waals surface area contributed by atoms with Crippen LogP contribution in [0.5, 0.6) is 11.5 Å². The summed E-state index contributed by atoms with van der Waals surface area (Å²) >= 11 is 0. The quantitative estimate of drug-likeness (QED) is 0.722. The molecule has 156 valence electrons. The van der Waals surface area contributed by atoms with Crippen molar-refractivity contribution in [3.63, 3.8) is 0 Å². The summed E-state index contributed by atoms with van der Waals surface area (Å²) in [7, 11) is -0.691. The number of carbonyl (C=O) groups excluding carboxylic acids is 1. The molecule has 1 aromatic heterocycles. The van der Waals surface area contributed by atoms with Gasteiger partial charge in [-0.3, -0.25) is 9.59 Å². The van der Waals surface area contributed by atoms with Crippen LogP contribution in [0, 0.1) is 0 Å². The Morgan fingerprint density at radius 2 is 1.76 bits per heavy atom. The number of nitrogens with one attached hydrogen (secondary N) is 1. The van der Waals surface area contributed by atoms with E-state index in [-0.39, 0.29) is 11.4 Å². The monoisotopic (exact) mass is 421 g/mol. The Morgan fingerprint density at radius 1 is 1.07 bits per heavy atom. The third-order valence-electron chi connectivity index (χ3n) is 4.64. The summed E-state index contributed by atoms with van der Waals surface area (Å²) in [6.07, 6.45) is 2.84. The molecular formula is C19H23N3O6S. The molecule has 2 aromatic rings. The van der Waals surface area contributed by atoms with Crippen molar-refractivity contribution in [3.8, 4) is 11.5 Å². The minimum Gasteiger partial charge on any atom is -0.493 e. The summed E-state index contributed by atoms with van der Waals surface area (Å²) < 4.78 is 38.2. The summed E-state index contributed by atoms with van der Waals surface area (Å²) in [5, 5.41) is 2.66. The van der Waals surface area contributed by atoms with Crippen molar-refractivity contribution >= 4 is 21.6 Å². The first-order chi connectivity index (χ1) is 13.8. The van der Waals surface area contributed by atoms with Gasteiger partial charge >= 0.3 is 0 Å². The standard InChI is InChI=1S/C19H23N3O6S/c1-27-16-7-5-14(11-17(16)28-2)20-18(23)13-21-12-15(6-8-19(21)24)29(25,26)22-9-3-4-10-22/h5-8,11-12H,3-4,9-10,13H2,1-2H3,(H,20,23). The molecule has 0 radical (unpaired) electrons. The molecule has 0 saturated carbocycles. The molecule has 1 aliphatic heterocycles. The lowest BCUT2D eigenvalue weighted by atomic mass is 10.2. The summed E-state index contributed by atoms with van der Waals surface area (Å²) in [4.78, 5) is 24.5. The summed E-state index contributed by atoms with van der Waals surface area (Å²) in [6, 6.07) is 7.30. The first kappa shape index (κ1) is 20.9. The molecule has 1 amide bonds. The second kappa shape index (κ2) is 8.66. The van der Waals surface area contributed by atoms with Gasteiger partial charge in [-0.1, -0.05) is 0 Å². The van der Waals surface area contributed by atoms with Crippen molar-refractivity contribution in [2.24, 2.45) is 0 Å². The second-order valence-corrected chi connectivity index (χ2v) is 8.50. The van der Waals surface area contributed by atoms with E-state index in [1.54, 1.807) is 18.2 Å². The number of hydrogen-bond donors (Lipinski definition) is 1. The van der Waals surface area contributed by atoms with Crippen LogP contribution in [-0.2, 0) is 21.4 Å². The molecule has 2 heterocycles. The van der Waals surface area contributed by atoms with Crippen LogP contribution >= 0.6 is 0 Å². The largest absolute Gasteiger partial charge is 0.493 e. The van der Waals surface area contributed by atoms with Crippen molar-refractivity contribution in [1.82, 2.24) is 8.87 Å². The molecule has 0 atom stereocenters. The SMILES string of the molecule is COc1ccc(NC(=O)Cn2cc(S(=O)(=O)N3CCCC3)ccc2=O)cc1OC. The lowest BCUT2D eigenvalue weighted by Crippen LogP contribution is -2.31. The average Bonchev–Trinajstić information content (AvgIpc) is 3.25. The van der Waals surface area contributed by atoms with Crippen LogP contribution < -0.4 is 20.3 Å². The first-order valence-electron chi connectivity index (χ1n) is 9.07. The molecule has 10 heteroatoms. The van der Waals surface area contributed by atoms with Crippen LogP contribution in [0.4, 0.5) is 5.69 Å². The molecule has 1 saturated heterocycles. The molecular weight excluding hydrogens is 398 g/mol. The minimum absolute atomic E-state index is 0.00193. The summed E-state index contributed by atoms with van der Waals surface area (Å²) in [5.41, 5.74) is -0.00521. The van der Waals surface area contributed by atoms with Gasteiger partial charge in [0.25, 0.3) is 5.56 Å². The van der Waals surface area contributed by atoms with Gasteiger partial charge in [0.15, 0.2) is 11.5 Å². The number of carbonyl (C=O) groups is 1. The van der Waals surface area contributed by atoms with Gasteiger partial charge in [-0.05, 0) is 31.0 Å². The van der Waals surface area contributed by atoms with Gasteiger partial charge < -0.3 is 19.4 Å². The molecule has 1 fully saturated rings. The van der Waals surface area contributed by atoms with E-state index >= 15 is 0 Å². The number of sulfonamides is 1. The van der Waals surface area contributed by atoms with Gasteiger partial charge in [-0.25, -0.2) is 8.42 Å². The van der Waals surface area contributed by atoms with Crippen molar-refractivity contribution in [2.45, 2.75) is 24.3 Å². The topological polar surface area (TPSA) is 107 Å². The first-order valence-corrected chi connectivity index (χ1v) is 10.5. The Balaban J connectivity index is 1.78. The number of methoxy groups -OCH3 is 2. The summed E-state index contributed by atoms with van der Waals surface area (Å²) in [6.45, 7) is 0.596. The molecule has 0 bridgehead atoms. The zero-order chi connectivity index (χ0) is 21.0. The Morgan fingerprint density at radius 3 is 2.41 bits per heavy atom. The molecule has 29 heavy (non-hydrogen) atoms. The van der Waals surface area contributed by atoms with E-state index in [2.05, 4.69) is 5.32 Å². The number of aromatic nitrogens is 1. The van der Waals surface area contributed by atoms with Crippen LogP contribution in [0.1, 0.15) is 12.8 Å². The van der Waals surface area contributed by atoms with Crippen LogP contribution in [-0.4, -0.2) is 50.5 Å². The fourth-order valence-corrected chi connectivity index (χ4v) is 4.67. The maximum Gasteiger partial charge on any atom is 0.251 e. The molecule has 0 aliphatic carbocycles. The highest BCUT2D eigenvalue weighted by molar-refractivity contribution is 7.89. The van der Waals surface area contributed by atoms with Crippen molar-refractivity contribution in [1.29, 1.82) is 0 Å². The lowest BCUT2D eigenvalue weighted by Gasteiger charge is -2.16. The molecule has 1 aromatic carbocycles. The molecule has 1 aliphatic rings. The number of hydrogen-bond acceptors (Lipinski definition) is 6. The number of nitrogens with zero attached hydrogens (tertiary/aromatic N) is 2. The molecule has 0 unspecified atom stereocenters. The minimum atomic E-state index is -3.68. The van der Waals surface area contributed by atoms with E-state index in [0.29, 0.717) is 30.3 Å². The third kappa shape index (κ3) is 4.60. The number of anilines is 1. The number of ether oxygens (including phenoxy) is 2. The Bertz CT molecular complexity index is 1060. The number of benzene rings is 1. The maximum atomic E-state index is 12.7. The number of amides is 1. The van der Waals surface area contributed by atoms with Gasteiger partial charge in [0.05, 0.1) is 19.1 Å². The van der Waals surface area contributed by atoms with Crippen molar-refractivity contribution < 1.29 is 22.7 Å². The van der Waals surface area contributed by atoms with E-state index < -0.39 is 21.5 Å². The molecule has 9 nitrogen and oxygen atoms in total. The van der Waals surface area contributed by atoms with Crippen LogP contribution in [0.15, 0.2) is 46.2 Å². The Labute approximate surface area is 168 Å².